The van der Waals surface area contributed by atoms with Crippen molar-refractivity contribution in [2.45, 2.75) is 12.8 Å². The van der Waals surface area contributed by atoms with Crippen molar-refractivity contribution in [1.29, 1.82) is 0 Å². The Bertz CT molecular complexity index is 385. The van der Waals surface area contributed by atoms with Crippen LogP contribution in [0.4, 0.5) is 8.78 Å². The van der Waals surface area contributed by atoms with Gasteiger partial charge in [0.25, 0.3) is 0 Å². The number of esters is 1. The number of carbonyl (C=O) groups excluding carboxylic acids is 2. The molecule has 5 heteroatoms. The zero-order chi connectivity index (χ0) is 12.2. The third kappa shape index (κ3) is 2.42. The minimum Gasteiger partial charge on any atom is -0.461 e. The van der Waals surface area contributed by atoms with Gasteiger partial charge in [-0.25, -0.2) is 4.79 Å². The molecule has 0 radical (unpaired) electrons. The molecule has 1 aromatic carbocycles. The van der Waals surface area contributed by atoms with E-state index in [9.17, 15) is 18.4 Å². The van der Waals surface area contributed by atoms with Crippen molar-refractivity contribution in [2.75, 3.05) is 6.61 Å². The molecule has 1 rings (SSSR count). The number of hydrogen-bond donors (Lipinski definition) is 0. The number of halogens is 2. The Morgan fingerprint density at radius 1 is 1.38 bits per heavy atom. The summed E-state index contributed by atoms with van der Waals surface area (Å²) in [5.41, 5.74) is -0.222. The van der Waals surface area contributed by atoms with Crippen molar-refractivity contribution < 1.29 is 23.1 Å². The van der Waals surface area contributed by atoms with Crippen LogP contribution in [0, 0.1) is 0 Å². The minimum atomic E-state index is -3.68. The van der Waals surface area contributed by atoms with Gasteiger partial charge in [0.1, 0.15) is 6.29 Å². The van der Waals surface area contributed by atoms with E-state index in [0.29, 0.717) is 6.29 Å². The molecule has 0 saturated heterocycles. The van der Waals surface area contributed by atoms with E-state index in [2.05, 4.69) is 4.74 Å². The maximum atomic E-state index is 13.4. The topological polar surface area (TPSA) is 43.4 Å². The largest absolute Gasteiger partial charge is 0.461 e. The van der Waals surface area contributed by atoms with Crippen LogP contribution in [0.1, 0.15) is 22.8 Å². The van der Waals surface area contributed by atoms with E-state index in [1.165, 1.54) is 19.1 Å². The number of rotatable bonds is 4. The zero-order valence-corrected chi connectivity index (χ0v) is 8.57. The van der Waals surface area contributed by atoms with Crippen LogP contribution in [-0.2, 0) is 15.5 Å². The number of carbonyl (C=O) groups is 2. The normalized spacial score (nSPS) is 10.9. The van der Waals surface area contributed by atoms with E-state index >= 15 is 0 Å². The molecule has 0 aromatic heterocycles. The van der Waals surface area contributed by atoms with Crippen LogP contribution in [0.15, 0.2) is 24.3 Å². The van der Waals surface area contributed by atoms with Crippen molar-refractivity contribution in [1.82, 2.24) is 0 Å². The fourth-order valence-corrected chi connectivity index (χ4v) is 1.11. The first-order valence-corrected chi connectivity index (χ1v) is 4.63. The van der Waals surface area contributed by atoms with Gasteiger partial charge in [-0.3, -0.25) is 4.79 Å². The number of ether oxygens (including phenoxy) is 1. The number of alkyl halides is 2. The lowest BCUT2D eigenvalue weighted by molar-refractivity contribution is -0.173. The van der Waals surface area contributed by atoms with E-state index < -0.39 is 17.5 Å². The number of hydrogen-bond acceptors (Lipinski definition) is 3. The molecule has 0 aliphatic rings. The van der Waals surface area contributed by atoms with Crippen molar-refractivity contribution in [3.8, 4) is 0 Å². The van der Waals surface area contributed by atoms with Gasteiger partial charge in [0.05, 0.1) is 6.61 Å². The van der Waals surface area contributed by atoms with E-state index in [-0.39, 0.29) is 12.2 Å². The standard InChI is InChI=1S/C11H10F2O3/c1-2-16-10(15)11(12,13)9-5-3-8(7-14)4-6-9/h3-7H,2H2,1H3. The monoisotopic (exact) mass is 228 g/mol. The lowest BCUT2D eigenvalue weighted by Crippen LogP contribution is -2.28. The maximum absolute atomic E-state index is 13.4. The zero-order valence-electron chi connectivity index (χ0n) is 8.57. The van der Waals surface area contributed by atoms with Crippen LogP contribution in [-0.4, -0.2) is 18.9 Å². The lowest BCUT2D eigenvalue weighted by atomic mass is 10.1. The van der Waals surface area contributed by atoms with Crippen LogP contribution in [0.5, 0.6) is 0 Å². The summed E-state index contributed by atoms with van der Waals surface area (Å²) in [7, 11) is 0. The van der Waals surface area contributed by atoms with Gasteiger partial charge in [0, 0.05) is 11.1 Å². The molecule has 86 valence electrons. The van der Waals surface area contributed by atoms with E-state index in [4.69, 9.17) is 0 Å². The molecule has 0 atom stereocenters. The fourth-order valence-electron chi connectivity index (χ4n) is 1.11. The van der Waals surface area contributed by atoms with Gasteiger partial charge in [-0.1, -0.05) is 24.3 Å². The van der Waals surface area contributed by atoms with Crippen molar-refractivity contribution in [3.05, 3.63) is 35.4 Å². The Kier molecular flexibility index (Phi) is 3.71. The number of aldehydes is 1. The summed E-state index contributed by atoms with van der Waals surface area (Å²) in [6.45, 7) is 1.34. The Hall–Kier alpha value is -1.78. The van der Waals surface area contributed by atoms with Crippen LogP contribution in [0.3, 0.4) is 0 Å². The third-order valence-corrected chi connectivity index (χ3v) is 1.94. The maximum Gasteiger partial charge on any atom is 0.381 e. The molecule has 0 aliphatic carbocycles. The second-order valence-electron chi connectivity index (χ2n) is 3.03. The summed E-state index contributed by atoms with van der Waals surface area (Å²) < 4.78 is 31.1. The van der Waals surface area contributed by atoms with Crippen molar-refractivity contribution >= 4 is 12.3 Å². The van der Waals surface area contributed by atoms with Crippen molar-refractivity contribution in [2.24, 2.45) is 0 Å². The smallest absolute Gasteiger partial charge is 0.381 e. The van der Waals surface area contributed by atoms with Crippen molar-refractivity contribution in [3.63, 3.8) is 0 Å². The lowest BCUT2D eigenvalue weighted by Gasteiger charge is -2.14. The quantitative estimate of drug-likeness (QED) is 0.585. The summed E-state index contributed by atoms with van der Waals surface area (Å²) in [6.07, 6.45) is 0.534. The van der Waals surface area contributed by atoms with Crippen LogP contribution >= 0.6 is 0 Å². The molecule has 0 heterocycles. The predicted molar refractivity (Wildman–Crippen MR) is 52.4 cm³/mol. The first-order chi connectivity index (χ1) is 7.52. The molecule has 0 bridgehead atoms. The van der Waals surface area contributed by atoms with Gasteiger partial charge in [0.15, 0.2) is 0 Å². The third-order valence-electron chi connectivity index (χ3n) is 1.94. The minimum absolute atomic E-state index is 0.110. The van der Waals surface area contributed by atoms with Gasteiger partial charge in [-0.15, -0.1) is 0 Å². The van der Waals surface area contributed by atoms with Crippen LogP contribution in [0.2, 0.25) is 0 Å². The summed E-state index contributed by atoms with van der Waals surface area (Å²) in [4.78, 5) is 21.3. The molecule has 3 nitrogen and oxygen atoms in total. The first-order valence-electron chi connectivity index (χ1n) is 4.63. The molecular weight excluding hydrogens is 218 g/mol. The molecule has 16 heavy (non-hydrogen) atoms. The Morgan fingerprint density at radius 3 is 2.38 bits per heavy atom. The molecule has 0 spiro atoms. The van der Waals surface area contributed by atoms with Gasteiger partial charge in [0.2, 0.25) is 0 Å². The summed E-state index contributed by atoms with van der Waals surface area (Å²) in [6, 6.07) is 4.49. The highest BCUT2D eigenvalue weighted by molar-refractivity contribution is 5.80. The molecule has 0 aliphatic heterocycles. The average Bonchev–Trinajstić information content (AvgIpc) is 2.29. The Morgan fingerprint density at radius 2 is 1.94 bits per heavy atom. The number of benzene rings is 1. The highest BCUT2D eigenvalue weighted by atomic mass is 19.3. The van der Waals surface area contributed by atoms with Gasteiger partial charge >= 0.3 is 11.9 Å². The van der Waals surface area contributed by atoms with E-state index in [0.717, 1.165) is 12.1 Å². The molecule has 1 aromatic rings. The van der Waals surface area contributed by atoms with E-state index in [1.807, 2.05) is 0 Å². The molecule has 0 unspecified atom stereocenters. The second kappa shape index (κ2) is 4.83. The summed E-state index contributed by atoms with van der Waals surface area (Å²) in [5, 5.41) is 0. The highest BCUT2D eigenvalue weighted by Gasteiger charge is 2.42. The molecule has 0 N–H and O–H groups in total. The summed E-state index contributed by atoms with van der Waals surface area (Å²) >= 11 is 0. The molecular formula is C11H10F2O3. The second-order valence-corrected chi connectivity index (χ2v) is 3.03. The summed E-state index contributed by atoms with van der Waals surface area (Å²) in [5.74, 6) is -5.27. The van der Waals surface area contributed by atoms with Gasteiger partial charge < -0.3 is 4.74 Å². The predicted octanol–water partition coefficient (Wildman–Crippen LogP) is 2.15. The van der Waals surface area contributed by atoms with Crippen LogP contribution < -0.4 is 0 Å². The SMILES string of the molecule is CCOC(=O)C(F)(F)c1ccc(C=O)cc1. The molecule has 0 saturated carbocycles. The molecule has 0 fully saturated rings. The highest BCUT2D eigenvalue weighted by Crippen LogP contribution is 2.29. The van der Waals surface area contributed by atoms with Gasteiger partial charge in [-0.05, 0) is 6.92 Å². The Balaban J connectivity index is 2.97. The van der Waals surface area contributed by atoms with Gasteiger partial charge in [-0.2, -0.15) is 8.78 Å². The molecule has 0 amide bonds. The fraction of sp³-hybridized carbons (Fsp3) is 0.273. The first kappa shape index (κ1) is 12.3. The Labute approximate surface area is 91.0 Å². The van der Waals surface area contributed by atoms with Crippen LogP contribution in [0.25, 0.3) is 0 Å². The van der Waals surface area contributed by atoms with E-state index in [1.54, 1.807) is 0 Å². The average molecular weight is 228 g/mol.